The van der Waals surface area contributed by atoms with Gasteiger partial charge in [-0.15, -0.1) is 13.2 Å². The topological polar surface area (TPSA) is 32.3 Å². The summed E-state index contributed by atoms with van der Waals surface area (Å²) in [5, 5.41) is 3.29. The molecule has 1 N–H and O–H groups in total. The van der Waals surface area contributed by atoms with Gasteiger partial charge in [0.2, 0.25) is 0 Å². The standard InChI is InChI=1S/C19H20N2O/c1-3-14-21(15-4-2)19(22)17-12-8-9-13-18(17)20-16-10-6-5-7-11-16/h3-13,20H,1-2,14-15H2. The van der Waals surface area contributed by atoms with Crippen LogP contribution in [0, 0.1) is 0 Å². The summed E-state index contributed by atoms with van der Waals surface area (Å²) in [6, 6.07) is 17.3. The third-order valence-electron chi connectivity index (χ3n) is 3.20. The lowest BCUT2D eigenvalue weighted by Gasteiger charge is -2.21. The second-order valence-corrected chi connectivity index (χ2v) is 4.82. The van der Waals surface area contributed by atoms with Gasteiger partial charge in [0, 0.05) is 18.8 Å². The van der Waals surface area contributed by atoms with Crippen molar-refractivity contribution in [3.8, 4) is 0 Å². The van der Waals surface area contributed by atoms with Crippen molar-refractivity contribution in [2.75, 3.05) is 18.4 Å². The molecule has 0 spiro atoms. The highest BCUT2D eigenvalue weighted by atomic mass is 16.2. The van der Waals surface area contributed by atoms with E-state index in [-0.39, 0.29) is 5.91 Å². The fourth-order valence-electron chi connectivity index (χ4n) is 2.18. The number of carbonyl (C=O) groups is 1. The van der Waals surface area contributed by atoms with E-state index in [1.54, 1.807) is 17.1 Å². The number of para-hydroxylation sites is 2. The van der Waals surface area contributed by atoms with Crippen molar-refractivity contribution in [3.05, 3.63) is 85.5 Å². The number of benzene rings is 2. The van der Waals surface area contributed by atoms with E-state index in [2.05, 4.69) is 18.5 Å². The maximum absolute atomic E-state index is 12.7. The molecule has 0 aliphatic carbocycles. The summed E-state index contributed by atoms with van der Waals surface area (Å²) in [6.45, 7) is 8.39. The van der Waals surface area contributed by atoms with Gasteiger partial charge in [-0.2, -0.15) is 0 Å². The molecule has 0 bridgehead atoms. The second-order valence-electron chi connectivity index (χ2n) is 4.82. The van der Waals surface area contributed by atoms with E-state index in [1.165, 1.54) is 0 Å². The van der Waals surface area contributed by atoms with E-state index < -0.39 is 0 Å². The van der Waals surface area contributed by atoms with Gasteiger partial charge in [-0.3, -0.25) is 4.79 Å². The smallest absolute Gasteiger partial charge is 0.256 e. The van der Waals surface area contributed by atoms with Crippen LogP contribution in [-0.4, -0.2) is 23.9 Å². The highest BCUT2D eigenvalue weighted by Crippen LogP contribution is 2.22. The summed E-state index contributed by atoms with van der Waals surface area (Å²) in [7, 11) is 0. The van der Waals surface area contributed by atoms with Gasteiger partial charge in [-0.05, 0) is 24.3 Å². The highest BCUT2D eigenvalue weighted by Gasteiger charge is 2.16. The molecule has 2 aromatic rings. The number of carbonyl (C=O) groups excluding carboxylic acids is 1. The average molecular weight is 292 g/mol. The molecule has 0 heterocycles. The summed E-state index contributed by atoms with van der Waals surface area (Å²) in [4.78, 5) is 14.4. The second kappa shape index (κ2) is 7.84. The summed E-state index contributed by atoms with van der Waals surface area (Å²) >= 11 is 0. The summed E-state index contributed by atoms with van der Waals surface area (Å²) < 4.78 is 0. The van der Waals surface area contributed by atoms with Gasteiger partial charge in [0.25, 0.3) is 5.91 Å². The van der Waals surface area contributed by atoms with Crippen LogP contribution >= 0.6 is 0 Å². The first-order chi connectivity index (χ1) is 10.8. The minimum Gasteiger partial charge on any atom is -0.355 e. The van der Waals surface area contributed by atoms with Crippen molar-refractivity contribution in [3.63, 3.8) is 0 Å². The Morgan fingerprint density at radius 3 is 2.18 bits per heavy atom. The number of hydrogen-bond acceptors (Lipinski definition) is 2. The van der Waals surface area contributed by atoms with E-state index in [1.807, 2.05) is 54.6 Å². The Hall–Kier alpha value is -2.81. The van der Waals surface area contributed by atoms with Gasteiger partial charge in [-0.1, -0.05) is 42.5 Å². The largest absolute Gasteiger partial charge is 0.355 e. The van der Waals surface area contributed by atoms with E-state index in [4.69, 9.17) is 0 Å². The average Bonchev–Trinajstić information content (AvgIpc) is 2.55. The summed E-state index contributed by atoms with van der Waals surface area (Å²) in [6.07, 6.45) is 3.43. The van der Waals surface area contributed by atoms with Crippen molar-refractivity contribution in [2.24, 2.45) is 0 Å². The van der Waals surface area contributed by atoms with Gasteiger partial charge in [0.05, 0.1) is 11.3 Å². The Morgan fingerprint density at radius 2 is 1.55 bits per heavy atom. The van der Waals surface area contributed by atoms with Crippen LogP contribution in [0.15, 0.2) is 79.9 Å². The van der Waals surface area contributed by atoms with Crippen LogP contribution in [0.2, 0.25) is 0 Å². The molecule has 3 nitrogen and oxygen atoms in total. The van der Waals surface area contributed by atoms with Crippen LogP contribution in [0.5, 0.6) is 0 Å². The van der Waals surface area contributed by atoms with Crippen molar-refractivity contribution in [1.29, 1.82) is 0 Å². The van der Waals surface area contributed by atoms with Crippen LogP contribution in [0.3, 0.4) is 0 Å². The van der Waals surface area contributed by atoms with Crippen molar-refractivity contribution < 1.29 is 4.79 Å². The maximum atomic E-state index is 12.7. The van der Waals surface area contributed by atoms with Crippen LogP contribution < -0.4 is 5.32 Å². The Labute approximate surface area is 131 Å². The first-order valence-corrected chi connectivity index (χ1v) is 7.18. The molecule has 0 aliphatic rings. The molecule has 1 amide bonds. The lowest BCUT2D eigenvalue weighted by atomic mass is 10.1. The Morgan fingerprint density at radius 1 is 0.955 bits per heavy atom. The molecule has 0 aliphatic heterocycles. The predicted molar refractivity (Wildman–Crippen MR) is 92.5 cm³/mol. The number of rotatable bonds is 7. The monoisotopic (exact) mass is 292 g/mol. The van der Waals surface area contributed by atoms with Gasteiger partial charge in [0.15, 0.2) is 0 Å². The molecule has 0 atom stereocenters. The predicted octanol–water partition coefficient (Wildman–Crippen LogP) is 4.24. The molecule has 0 aromatic heterocycles. The van der Waals surface area contributed by atoms with E-state index in [0.717, 1.165) is 11.4 Å². The Bertz CT molecular complexity index is 639. The Balaban J connectivity index is 2.28. The molecule has 2 rings (SSSR count). The van der Waals surface area contributed by atoms with Gasteiger partial charge >= 0.3 is 0 Å². The fraction of sp³-hybridized carbons (Fsp3) is 0.105. The minimum atomic E-state index is -0.0427. The van der Waals surface area contributed by atoms with Crippen LogP contribution in [-0.2, 0) is 0 Å². The lowest BCUT2D eigenvalue weighted by Crippen LogP contribution is -2.31. The van der Waals surface area contributed by atoms with Crippen molar-refractivity contribution in [2.45, 2.75) is 0 Å². The van der Waals surface area contributed by atoms with Gasteiger partial charge in [0.1, 0.15) is 0 Å². The number of anilines is 2. The van der Waals surface area contributed by atoms with Gasteiger partial charge in [-0.25, -0.2) is 0 Å². The zero-order valence-electron chi connectivity index (χ0n) is 12.5. The highest BCUT2D eigenvalue weighted by molar-refractivity contribution is 6.00. The summed E-state index contributed by atoms with van der Waals surface area (Å²) in [5.41, 5.74) is 2.37. The molecule has 0 radical (unpaired) electrons. The van der Waals surface area contributed by atoms with Gasteiger partial charge < -0.3 is 10.2 Å². The maximum Gasteiger partial charge on any atom is 0.256 e. The van der Waals surface area contributed by atoms with E-state index >= 15 is 0 Å². The van der Waals surface area contributed by atoms with E-state index in [0.29, 0.717) is 18.7 Å². The molecule has 0 unspecified atom stereocenters. The zero-order chi connectivity index (χ0) is 15.8. The number of nitrogens with one attached hydrogen (secondary N) is 1. The number of amides is 1. The SMILES string of the molecule is C=CCN(CC=C)C(=O)c1ccccc1Nc1ccccc1. The van der Waals surface area contributed by atoms with E-state index in [9.17, 15) is 4.79 Å². The van der Waals surface area contributed by atoms with Crippen LogP contribution in [0.4, 0.5) is 11.4 Å². The number of hydrogen-bond donors (Lipinski definition) is 1. The molecule has 3 heteroatoms. The van der Waals surface area contributed by atoms with Crippen molar-refractivity contribution >= 4 is 17.3 Å². The first kappa shape index (κ1) is 15.6. The molecular formula is C19H20N2O. The molecular weight excluding hydrogens is 272 g/mol. The summed E-state index contributed by atoms with van der Waals surface area (Å²) in [5.74, 6) is -0.0427. The zero-order valence-corrected chi connectivity index (χ0v) is 12.5. The fourth-order valence-corrected chi connectivity index (χ4v) is 2.18. The lowest BCUT2D eigenvalue weighted by molar-refractivity contribution is 0.0792. The third kappa shape index (κ3) is 3.85. The van der Waals surface area contributed by atoms with Crippen LogP contribution in [0.25, 0.3) is 0 Å². The molecule has 22 heavy (non-hydrogen) atoms. The molecule has 0 fully saturated rings. The van der Waals surface area contributed by atoms with Crippen molar-refractivity contribution in [1.82, 2.24) is 4.90 Å². The molecule has 112 valence electrons. The normalized spacial score (nSPS) is 9.82. The quantitative estimate of drug-likeness (QED) is 0.774. The molecule has 0 saturated carbocycles. The van der Waals surface area contributed by atoms with Crippen LogP contribution in [0.1, 0.15) is 10.4 Å². The molecule has 0 saturated heterocycles. The third-order valence-corrected chi connectivity index (χ3v) is 3.20. The minimum absolute atomic E-state index is 0.0427. The molecule has 2 aromatic carbocycles. The first-order valence-electron chi connectivity index (χ1n) is 7.18. The number of nitrogens with zero attached hydrogens (tertiary/aromatic N) is 1. The Kier molecular flexibility index (Phi) is 5.55.